The largest absolute Gasteiger partial charge is 0.344 e. The highest BCUT2D eigenvalue weighted by molar-refractivity contribution is 6.01. The Morgan fingerprint density at radius 3 is 2.45 bits per heavy atom. The highest BCUT2D eigenvalue weighted by Crippen LogP contribution is 2.24. The number of hydrogen-bond acceptors (Lipinski definition) is 4. The third kappa shape index (κ3) is 4.52. The Hall–Kier alpha value is -5.48. The van der Waals surface area contributed by atoms with Gasteiger partial charge in [0, 0.05) is 34.9 Å². The average Bonchev–Trinajstić information content (AvgIpc) is 3.32. The van der Waals surface area contributed by atoms with E-state index >= 15 is 0 Å². The van der Waals surface area contributed by atoms with Gasteiger partial charge < -0.3 is 5.32 Å². The van der Waals surface area contributed by atoms with Gasteiger partial charge in [-0.1, -0.05) is 60.4 Å². The van der Waals surface area contributed by atoms with Crippen molar-refractivity contribution in [3.63, 3.8) is 0 Å². The minimum Gasteiger partial charge on any atom is -0.344 e. The summed E-state index contributed by atoms with van der Waals surface area (Å²) in [7, 11) is 0. The molecule has 0 saturated carbocycles. The fourth-order valence-electron chi connectivity index (χ4n) is 4.91. The van der Waals surface area contributed by atoms with Crippen LogP contribution in [0.1, 0.15) is 45.8 Å². The van der Waals surface area contributed by atoms with Gasteiger partial charge in [0.15, 0.2) is 5.65 Å². The molecule has 0 fully saturated rings. The van der Waals surface area contributed by atoms with Gasteiger partial charge in [-0.2, -0.15) is 5.10 Å². The first kappa shape index (κ1) is 24.8. The van der Waals surface area contributed by atoms with Gasteiger partial charge in [0.1, 0.15) is 5.56 Å². The van der Waals surface area contributed by atoms with Crippen molar-refractivity contribution in [2.45, 2.75) is 19.9 Å². The molecule has 6 rings (SSSR count). The van der Waals surface area contributed by atoms with Crippen LogP contribution in [0.25, 0.3) is 22.1 Å². The van der Waals surface area contributed by atoms with Crippen molar-refractivity contribution in [3.8, 4) is 17.5 Å². The minimum absolute atomic E-state index is 0.202. The van der Waals surface area contributed by atoms with Gasteiger partial charge in [-0.05, 0) is 61.7 Å². The smallest absolute Gasteiger partial charge is 0.264 e. The maximum atomic E-state index is 14.2. The van der Waals surface area contributed by atoms with E-state index in [1.165, 1.54) is 0 Å². The lowest BCUT2D eigenvalue weighted by atomic mass is 10.0. The summed E-state index contributed by atoms with van der Waals surface area (Å²) in [5, 5.41) is 8.76. The molecule has 6 aromatic rings. The number of carbonyl (C=O) groups is 1. The zero-order valence-electron chi connectivity index (χ0n) is 22.0. The second-order valence-corrected chi connectivity index (χ2v) is 9.47. The molecule has 7 heteroatoms. The van der Waals surface area contributed by atoms with Gasteiger partial charge in [0.05, 0.1) is 17.1 Å². The molecule has 0 bridgehead atoms. The summed E-state index contributed by atoms with van der Waals surface area (Å²) in [6.45, 7) is 3.65. The maximum absolute atomic E-state index is 14.2. The third-order valence-electron chi connectivity index (χ3n) is 6.79. The molecule has 0 aliphatic heterocycles. The molecule has 3 aromatic carbocycles. The number of benzene rings is 3. The lowest BCUT2D eigenvalue weighted by Crippen LogP contribution is -2.32. The quantitative estimate of drug-likeness (QED) is 0.321. The summed E-state index contributed by atoms with van der Waals surface area (Å²) in [6.07, 6.45) is 3.38. The molecule has 1 atom stereocenters. The van der Waals surface area contributed by atoms with Crippen LogP contribution in [0.3, 0.4) is 0 Å². The molecule has 3 heterocycles. The minimum atomic E-state index is -0.512. The fourth-order valence-corrected chi connectivity index (χ4v) is 4.91. The average molecular weight is 524 g/mol. The molecule has 0 radical (unpaired) electrons. The Kier molecular flexibility index (Phi) is 6.43. The van der Waals surface area contributed by atoms with Crippen LogP contribution in [0.5, 0.6) is 0 Å². The lowest BCUT2D eigenvalue weighted by molar-refractivity contribution is 0.0939. The van der Waals surface area contributed by atoms with E-state index in [4.69, 9.17) is 0 Å². The van der Waals surface area contributed by atoms with Gasteiger partial charge in [-0.15, -0.1) is 0 Å². The first-order valence-corrected chi connectivity index (χ1v) is 12.9. The summed E-state index contributed by atoms with van der Waals surface area (Å²) in [5.74, 6) is 6.05. The summed E-state index contributed by atoms with van der Waals surface area (Å²) in [5.41, 5.74) is 4.11. The van der Waals surface area contributed by atoms with Crippen LogP contribution >= 0.6 is 0 Å². The highest BCUT2D eigenvalue weighted by atomic mass is 16.2. The fraction of sp³-hybridized carbons (Fsp3) is 0.0909. The molecule has 1 N–H and O–H groups in total. The van der Waals surface area contributed by atoms with E-state index < -0.39 is 6.04 Å². The molecule has 7 nitrogen and oxygen atoms in total. The molecular weight excluding hydrogens is 498 g/mol. The van der Waals surface area contributed by atoms with Crippen molar-refractivity contribution in [1.82, 2.24) is 24.5 Å². The van der Waals surface area contributed by atoms with Crippen molar-refractivity contribution < 1.29 is 4.79 Å². The Balaban J connectivity index is 1.48. The standard InChI is InChI=1S/C33H25N5O2/c1-22(35-32(39)29-23(2)36-37-20-10-19-34-31(29)37)28-21-26-14-9-13-25(18-17-24-11-5-3-6-12-24)30(26)33(40)38(28)27-15-7-4-8-16-27/h3-16,19-22H,1-2H3,(H,35,39)/t22-/m1/s1. The molecule has 194 valence electrons. The van der Waals surface area contributed by atoms with Gasteiger partial charge >= 0.3 is 0 Å². The maximum Gasteiger partial charge on any atom is 0.264 e. The van der Waals surface area contributed by atoms with Crippen LogP contribution < -0.4 is 10.9 Å². The monoisotopic (exact) mass is 523 g/mol. The predicted molar refractivity (Wildman–Crippen MR) is 156 cm³/mol. The van der Waals surface area contributed by atoms with Crippen molar-refractivity contribution in [2.24, 2.45) is 0 Å². The van der Waals surface area contributed by atoms with E-state index in [0.717, 1.165) is 10.9 Å². The zero-order chi connectivity index (χ0) is 27.6. The van der Waals surface area contributed by atoms with Crippen molar-refractivity contribution in [2.75, 3.05) is 0 Å². The number of pyridine rings is 1. The van der Waals surface area contributed by atoms with Crippen LogP contribution in [0.4, 0.5) is 0 Å². The van der Waals surface area contributed by atoms with Crippen LogP contribution in [-0.2, 0) is 0 Å². The predicted octanol–water partition coefficient (Wildman–Crippen LogP) is 5.23. The van der Waals surface area contributed by atoms with E-state index in [-0.39, 0.29) is 11.5 Å². The Morgan fingerprint density at radius 1 is 0.925 bits per heavy atom. The SMILES string of the molecule is Cc1nn2cccnc2c1C(=O)N[C@H](C)c1cc2cccc(C#Cc3ccccc3)c2c(=O)n1-c1ccccc1. The Labute approximate surface area is 230 Å². The highest BCUT2D eigenvalue weighted by Gasteiger charge is 2.23. The van der Waals surface area contributed by atoms with Gasteiger partial charge in [0.25, 0.3) is 11.5 Å². The van der Waals surface area contributed by atoms with Crippen LogP contribution in [0.15, 0.2) is 108 Å². The first-order chi connectivity index (χ1) is 19.5. The number of aryl methyl sites for hydroxylation is 1. The summed E-state index contributed by atoms with van der Waals surface area (Å²) in [4.78, 5) is 32.0. The number of fused-ring (bicyclic) bond motifs is 2. The normalized spacial score (nSPS) is 11.7. The van der Waals surface area contributed by atoms with Crippen molar-refractivity contribution >= 4 is 22.3 Å². The van der Waals surface area contributed by atoms with Crippen LogP contribution in [0, 0.1) is 18.8 Å². The zero-order valence-corrected chi connectivity index (χ0v) is 22.0. The lowest BCUT2D eigenvalue weighted by Gasteiger charge is -2.21. The summed E-state index contributed by atoms with van der Waals surface area (Å²) in [6, 6.07) is 27.9. The Morgan fingerprint density at radius 2 is 1.68 bits per heavy atom. The van der Waals surface area contributed by atoms with Crippen molar-refractivity contribution in [3.05, 3.63) is 142 Å². The molecule has 40 heavy (non-hydrogen) atoms. The van der Waals surface area contributed by atoms with E-state index in [1.807, 2.05) is 91.9 Å². The van der Waals surface area contributed by atoms with Gasteiger partial charge in [0.2, 0.25) is 0 Å². The van der Waals surface area contributed by atoms with Crippen molar-refractivity contribution in [1.29, 1.82) is 0 Å². The molecule has 3 aromatic heterocycles. The number of nitrogens with zero attached hydrogens (tertiary/aromatic N) is 4. The molecule has 0 spiro atoms. The molecule has 0 unspecified atom stereocenters. The van der Waals surface area contributed by atoms with Crippen LogP contribution in [0.2, 0.25) is 0 Å². The first-order valence-electron chi connectivity index (χ1n) is 12.9. The summed E-state index contributed by atoms with van der Waals surface area (Å²) < 4.78 is 3.24. The van der Waals surface area contributed by atoms with E-state index in [9.17, 15) is 9.59 Å². The number of carbonyl (C=O) groups excluding carboxylic acids is 1. The molecule has 0 aliphatic rings. The number of aromatic nitrogens is 4. The van der Waals surface area contributed by atoms with Crippen LogP contribution in [-0.4, -0.2) is 25.1 Å². The number of para-hydroxylation sites is 1. The summed E-state index contributed by atoms with van der Waals surface area (Å²) >= 11 is 0. The topological polar surface area (TPSA) is 81.3 Å². The Bertz CT molecular complexity index is 2000. The number of hydrogen-bond donors (Lipinski definition) is 1. The molecule has 0 saturated heterocycles. The van der Waals surface area contributed by atoms with E-state index in [0.29, 0.717) is 39.2 Å². The molecular formula is C33H25N5O2. The third-order valence-corrected chi connectivity index (χ3v) is 6.79. The second-order valence-electron chi connectivity index (χ2n) is 9.47. The van der Waals surface area contributed by atoms with Gasteiger partial charge in [-0.25, -0.2) is 9.50 Å². The molecule has 0 aliphatic carbocycles. The molecule has 1 amide bonds. The number of nitrogens with one attached hydrogen (secondary N) is 1. The second kappa shape index (κ2) is 10.4. The van der Waals surface area contributed by atoms with E-state index in [1.54, 1.807) is 34.5 Å². The van der Waals surface area contributed by atoms with E-state index in [2.05, 4.69) is 27.2 Å². The van der Waals surface area contributed by atoms with Gasteiger partial charge in [-0.3, -0.25) is 14.2 Å². The number of rotatable bonds is 4. The number of amides is 1.